The minimum atomic E-state index is -0.413. The Hall–Kier alpha value is -1.91. The predicted octanol–water partition coefficient (Wildman–Crippen LogP) is 1.73. The molecule has 1 fully saturated rings. The van der Waals surface area contributed by atoms with Crippen LogP contribution in [0.4, 0.5) is 0 Å². The van der Waals surface area contributed by atoms with Crippen LogP contribution in [-0.4, -0.2) is 33.8 Å². The number of aromatic nitrogens is 1. The number of hydrogen-bond donors (Lipinski definition) is 1. The third kappa shape index (κ3) is 3.60. The van der Waals surface area contributed by atoms with Crippen LogP contribution in [0.3, 0.4) is 0 Å². The summed E-state index contributed by atoms with van der Waals surface area (Å²) in [6.45, 7) is 6.41. The highest BCUT2D eigenvalue weighted by Crippen LogP contribution is 2.19. The molecule has 21 heavy (non-hydrogen) atoms. The second-order valence-corrected chi connectivity index (χ2v) is 5.90. The van der Waals surface area contributed by atoms with Gasteiger partial charge in [0.2, 0.25) is 11.8 Å². The highest BCUT2D eigenvalue weighted by Gasteiger charge is 2.39. The lowest BCUT2D eigenvalue weighted by molar-refractivity contribution is -0.150. The Kier molecular flexibility index (Phi) is 4.94. The molecule has 2 unspecified atom stereocenters. The highest BCUT2D eigenvalue weighted by molar-refractivity contribution is 5.96. The first kappa shape index (κ1) is 15.5. The van der Waals surface area contributed by atoms with Gasteiger partial charge < -0.3 is 10.2 Å². The molecule has 0 aliphatic carbocycles. The second kappa shape index (κ2) is 6.70. The van der Waals surface area contributed by atoms with Gasteiger partial charge in [-0.3, -0.25) is 14.6 Å². The molecule has 1 N–H and O–H groups in total. The van der Waals surface area contributed by atoms with Gasteiger partial charge in [0.05, 0.1) is 12.2 Å². The summed E-state index contributed by atoms with van der Waals surface area (Å²) in [4.78, 5) is 30.8. The Bertz CT molecular complexity index is 502. The average molecular weight is 289 g/mol. The van der Waals surface area contributed by atoms with Gasteiger partial charge in [0.15, 0.2) is 0 Å². The van der Waals surface area contributed by atoms with Crippen molar-refractivity contribution in [2.75, 3.05) is 0 Å². The summed E-state index contributed by atoms with van der Waals surface area (Å²) >= 11 is 0. The van der Waals surface area contributed by atoms with Gasteiger partial charge in [-0.1, -0.05) is 26.8 Å². The number of rotatable bonds is 5. The van der Waals surface area contributed by atoms with Crippen LogP contribution in [0.1, 0.15) is 39.3 Å². The number of nitrogens with one attached hydrogen (secondary N) is 1. The molecule has 2 amide bonds. The Balaban J connectivity index is 2.20. The van der Waals surface area contributed by atoms with Gasteiger partial charge >= 0.3 is 0 Å². The molecule has 2 rings (SSSR count). The normalized spacial score (nSPS) is 22.6. The van der Waals surface area contributed by atoms with Crippen LogP contribution >= 0.6 is 0 Å². The number of nitrogens with zero attached hydrogens (tertiary/aromatic N) is 2. The van der Waals surface area contributed by atoms with Crippen molar-refractivity contribution in [3.8, 4) is 0 Å². The Labute approximate surface area is 125 Å². The number of amides is 2. The monoisotopic (exact) mass is 289 g/mol. The van der Waals surface area contributed by atoms with E-state index in [2.05, 4.69) is 24.1 Å². The van der Waals surface area contributed by atoms with Gasteiger partial charge in [0.25, 0.3) is 0 Å². The average Bonchev–Trinajstić information content (AvgIpc) is 2.45. The topological polar surface area (TPSA) is 62.3 Å². The molecule has 1 aliphatic rings. The predicted molar refractivity (Wildman–Crippen MR) is 80.3 cm³/mol. The molecule has 114 valence electrons. The molecular weight excluding hydrogens is 266 g/mol. The van der Waals surface area contributed by atoms with E-state index >= 15 is 0 Å². The third-order valence-corrected chi connectivity index (χ3v) is 3.73. The van der Waals surface area contributed by atoms with Crippen molar-refractivity contribution < 1.29 is 9.59 Å². The molecule has 5 nitrogen and oxygen atoms in total. The van der Waals surface area contributed by atoms with E-state index in [1.54, 1.807) is 11.1 Å². The summed E-state index contributed by atoms with van der Waals surface area (Å²) in [5, 5.41) is 2.86. The molecule has 0 saturated carbocycles. The lowest BCUT2D eigenvalue weighted by Crippen LogP contribution is -2.63. The maximum atomic E-state index is 12.7. The summed E-state index contributed by atoms with van der Waals surface area (Å²) in [5.74, 6) is 0.300. The molecule has 1 aliphatic heterocycles. The van der Waals surface area contributed by atoms with Gasteiger partial charge in [0, 0.05) is 6.20 Å². The van der Waals surface area contributed by atoms with Crippen LogP contribution in [0, 0.1) is 5.92 Å². The molecule has 5 heteroatoms. The van der Waals surface area contributed by atoms with Crippen LogP contribution in [0.5, 0.6) is 0 Å². The Morgan fingerprint density at radius 3 is 2.67 bits per heavy atom. The summed E-state index contributed by atoms with van der Waals surface area (Å²) in [7, 11) is 0. The van der Waals surface area contributed by atoms with Crippen molar-refractivity contribution in [3.05, 3.63) is 30.1 Å². The molecule has 0 radical (unpaired) electrons. The second-order valence-electron chi connectivity index (χ2n) is 5.90. The van der Waals surface area contributed by atoms with Crippen molar-refractivity contribution >= 4 is 11.8 Å². The van der Waals surface area contributed by atoms with Crippen LogP contribution in [0.15, 0.2) is 24.4 Å². The van der Waals surface area contributed by atoms with E-state index in [1.807, 2.05) is 25.1 Å². The summed E-state index contributed by atoms with van der Waals surface area (Å²) < 4.78 is 0. The zero-order valence-corrected chi connectivity index (χ0v) is 12.9. The van der Waals surface area contributed by atoms with Gasteiger partial charge in [-0.25, -0.2) is 0 Å². The molecule has 0 spiro atoms. The maximum absolute atomic E-state index is 12.7. The summed E-state index contributed by atoms with van der Waals surface area (Å²) in [6, 6.07) is 4.80. The van der Waals surface area contributed by atoms with E-state index in [4.69, 9.17) is 0 Å². The lowest BCUT2D eigenvalue weighted by Gasteiger charge is -2.39. The smallest absolute Gasteiger partial charge is 0.246 e. The van der Waals surface area contributed by atoms with Crippen molar-refractivity contribution in [1.29, 1.82) is 0 Å². The molecule has 2 heterocycles. The molecule has 1 saturated heterocycles. The first-order chi connectivity index (χ1) is 10.0. The minimum Gasteiger partial charge on any atom is -0.342 e. The lowest BCUT2D eigenvalue weighted by atomic mass is 9.97. The zero-order valence-electron chi connectivity index (χ0n) is 12.9. The van der Waals surface area contributed by atoms with Crippen molar-refractivity contribution in [2.45, 2.75) is 52.2 Å². The van der Waals surface area contributed by atoms with E-state index in [9.17, 15) is 9.59 Å². The van der Waals surface area contributed by atoms with Crippen LogP contribution in [0.2, 0.25) is 0 Å². The number of piperazine rings is 1. The van der Waals surface area contributed by atoms with Gasteiger partial charge in [-0.15, -0.1) is 0 Å². The van der Waals surface area contributed by atoms with E-state index in [0.29, 0.717) is 25.3 Å². The largest absolute Gasteiger partial charge is 0.342 e. The highest BCUT2D eigenvalue weighted by atomic mass is 16.2. The van der Waals surface area contributed by atoms with Gasteiger partial charge in [-0.05, 0) is 30.9 Å². The van der Waals surface area contributed by atoms with Crippen LogP contribution < -0.4 is 5.32 Å². The fourth-order valence-electron chi connectivity index (χ4n) is 2.72. The molecule has 0 bridgehead atoms. The van der Waals surface area contributed by atoms with Crippen LogP contribution in [-0.2, 0) is 16.1 Å². The summed E-state index contributed by atoms with van der Waals surface area (Å²) in [5.41, 5.74) is 0.808. The molecule has 2 atom stereocenters. The number of carbonyl (C=O) groups is 2. The Morgan fingerprint density at radius 2 is 2.10 bits per heavy atom. The quantitative estimate of drug-likeness (QED) is 0.898. The molecule has 0 aromatic carbocycles. The standard InChI is InChI=1S/C16H23N3O2/c1-4-14-15(20)18-13(9-11(2)3)16(21)19(14)10-12-7-5-6-8-17-12/h5-8,11,13-14H,4,9-10H2,1-3H3,(H,18,20). The SMILES string of the molecule is CCC1C(=O)NC(CC(C)C)C(=O)N1Cc1ccccn1. The first-order valence-electron chi connectivity index (χ1n) is 7.53. The van der Waals surface area contributed by atoms with Crippen molar-refractivity contribution in [3.63, 3.8) is 0 Å². The van der Waals surface area contributed by atoms with Gasteiger partial charge in [0.1, 0.15) is 12.1 Å². The van der Waals surface area contributed by atoms with Crippen molar-refractivity contribution in [1.82, 2.24) is 15.2 Å². The number of pyridine rings is 1. The fourth-order valence-corrected chi connectivity index (χ4v) is 2.72. The van der Waals surface area contributed by atoms with Gasteiger partial charge in [-0.2, -0.15) is 0 Å². The third-order valence-electron chi connectivity index (χ3n) is 3.73. The van der Waals surface area contributed by atoms with E-state index < -0.39 is 12.1 Å². The maximum Gasteiger partial charge on any atom is 0.246 e. The van der Waals surface area contributed by atoms with Crippen molar-refractivity contribution in [2.24, 2.45) is 5.92 Å². The first-order valence-corrected chi connectivity index (χ1v) is 7.53. The van der Waals surface area contributed by atoms with Crippen LogP contribution in [0.25, 0.3) is 0 Å². The van der Waals surface area contributed by atoms with E-state index in [-0.39, 0.29) is 11.8 Å². The van der Waals surface area contributed by atoms with E-state index in [0.717, 1.165) is 5.69 Å². The fraction of sp³-hybridized carbons (Fsp3) is 0.562. The zero-order chi connectivity index (χ0) is 15.4. The number of hydrogen-bond acceptors (Lipinski definition) is 3. The molecular formula is C16H23N3O2. The minimum absolute atomic E-state index is 0.000744. The number of carbonyl (C=O) groups excluding carboxylic acids is 2. The summed E-state index contributed by atoms with van der Waals surface area (Å²) in [6.07, 6.45) is 2.98. The molecule has 1 aromatic rings. The Morgan fingerprint density at radius 1 is 1.33 bits per heavy atom. The molecule has 1 aromatic heterocycles. The van der Waals surface area contributed by atoms with E-state index in [1.165, 1.54) is 0 Å².